The van der Waals surface area contributed by atoms with E-state index in [9.17, 15) is 14.5 Å². The number of rotatable bonds is 17. The van der Waals surface area contributed by atoms with Crippen LogP contribution in [0.3, 0.4) is 0 Å². The van der Waals surface area contributed by atoms with E-state index in [1.807, 2.05) is 0 Å². The summed E-state index contributed by atoms with van der Waals surface area (Å²) in [4.78, 5) is 25.0. The van der Waals surface area contributed by atoms with Crippen molar-refractivity contribution in [2.75, 3.05) is 25.3 Å². The van der Waals surface area contributed by atoms with Gasteiger partial charge in [-0.2, -0.15) is 0 Å². The number of fused-ring (bicyclic) bond motifs is 1. The first-order valence-corrected chi connectivity index (χ1v) is 14.2. The van der Waals surface area contributed by atoms with Gasteiger partial charge in [0.15, 0.2) is 17.8 Å². The van der Waals surface area contributed by atoms with Gasteiger partial charge in [-0.3, -0.25) is 9.36 Å². The number of ether oxygens (including phenoxy) is 3. The molecule has 2 aromatic rings. The monoisotopic (exact) mass is 544 g/mol. The van der Waals surface area contributed by atoms with Crippen LogP contribution in [-0.4, -0.2) is 74.2 Å². The van der Waals surface area contributed by atoms with E-state index >= 15 is 0 Å². The standard InChI is InChI=1S/C23H41N6O7P/c1-7-8-9-10-33-22(31)23(5,6)28-37(32,35-12-18(30)36-16(2)3)15-34-17(4)11-29-14-27-19-20(24)25-13-26-21(19)29/h13-14,16-18,30H,7-12,15H2,1-6H3,(H,28,32)(H2,24,25,26)/t17-,18?,37?/m1/s1. The van der Waals surface area contributed by atoms with Gasteiger partial charge in [0, 0.05) is 0 Å². The van der Waals surface area contributed by atoms with Gasteiger partial charge < -0.3 is 34.1 Å². The van der Waals surface area contributed by atoms with Crippen LogP contribution in [0.5, 0.6) is 0 Å². The molecule has 2 heterocycles. The van der Waals surface area contributed by atoms with Gasteiger partial charge in [0.25, 0.3) is 7.52 Å². The number of carbonyl (C=O) groups excluding carboxylic acids is 1. The normalized spacial score (nSPS) is 15.6. The van der Waals surface area contributed by atoms with Crippen molar-refractivity contribution >= 4 is 30.5 Å². The summed E-state index contributed by atoms with van der Waals surface area (Å²) in [5.41, 5.74) is 5.52. The topological polar surface area (TPSA) is 173 Å². The molecule has 0 aliphatic rings. The molecule has 3 atom stereocenters. The van der Waals surface area contributed by atoms with Crippen molar-refractivity contribution in [2.24, 2.45) is 0 Å². The van der Waals surface area contributed by atoms with Gasteiger partial charge in [0.05, 0.1) is 31.7 Å². The highest BCUT2D eigenvalue weighted by Crippen LogP contribution is 2.45. The zero-order valence-corrected chi connectivity index (χ0v) is 23.4. The Morgan fingerprint density at radius 3 is 2.65 bits per heavy atom. The highest BCUT2D eigenvalue weighted by molar-refractivity contribution is 7.56. The van der Waals surface area contributed by atoms with Crippen molar-refractivity contribution in [3.8, 4) is 0 Å². The predicted molar refractivity (Wildman–Crippen MR) is 139 cm³/mol. The summed E-state index contributed by atoms with van der Waals surface area (Å²) in [6, 6.07) is 0. The van der Waals surface area contributed by atoms with Crippen LogP contribution in [0, 0.1) is 0 Å². The number of nitrogen functional groups attached to an aromatic ring is 1. The van der Waals surface area contributed by atoms with Crippen molar-refractivity contribution in [2.45, 2.75) is 91.4 Å². The van der Waals surface area contributed by atoms with E-state index in [0.29, 0.717) is 17.7 Å². The molecule has 4 N–H and O–H groups in total. The quantitative estimate of drug-likeness (QED) is 0.115. The highest BCUT2D eigenvalue weighted by Gasteiger charge is 2.39. The second kappa shape index (κ2) is 14.1. The van der Waals surface area contributed by atoms with Crippen LogP contribution in [-0.2, 0) is 34.6 Å². The molecule has 0 saturated heterocycles. The third-order valence-electron chi connectivity index (χ3n) is 5.21. The number of aromatic nitrogens is 4. The summed E-state index contributed by atoms with van der Waals surface area (Å²) in [5, 5.41) is 12.8. The summed E-state index contributed by atoms with van der Waals surface area (Å²) < 4.78 is 37.6. The molecule has 0 spiro atoms. The van der Waals surface area contributed by atoms with E-state index in [2.05, 4.69) is 27.0 Å². The molecule has 210 valence electrons. The van der Waals surface area contributed by atoms with Gasteiger partial charge >= 0.3 is 5.97 Å². The Labute approximate surface area is 217 Å². The third-order valence-corrected chi connectivity index (χ3v) is 7.16. The molecule has 0 radical (unpaired) electrons. The van der Waals surface area contributed by atoms with Gasteiger partial charge in [0.2, 0.25) is 0 Å². The molecule has 2 rings (SSSR count). The second-order valence-electron chi connectivity index (χ2n) is 9.62. The number of aliphatic hydroxyl groups is 1. The molecule has 0 fully saturated rings. The number of imidazole rings is 1. The number of aliphatic hydroxyl groups excluding tert-OH is 1. The Bertz CT molecular complexity index is 1050. The number of nitrogens with one attached hydrogen (secondary N) is 1. The van der Waals surface area contributed by atoms with Gasteiger partial charge in [-0.15, -0.1) is 0 Å². The number of nitrogens with zero attached hydrogens (tertiary/aromatic N) is 4. The molecule has 13 nitrogen and oxygen atoms in total. The lowest BCUT2D eigenvalue weighted by Gasteiger charge is -2.31. The summed E-state index contributed by atoms with van der Waals surface area (Å²) in [7, 11) is -3.82. The molecule has 2 aromatic heterocycles. The zero-order chi connectivity index (χ0) is 27.6. The predicted octanol–water partition coefficient (Wildman–Crippen LogP) is 2.83. The summed E-state index contributed by atoms with van der Waals surface area (Å²) in [6.07, 6.45) is 3.19. The lowest BCUT2D eigenvalue weighted by Crippen LogP contribution is -2.47. The molecular formula is C23H41N6O7P. The largest absolute Gasteiger partial charge is 0.464 e. The molecule has 0 aliphatic carbocycles. The fourth-order valence-electron chi connectivity index (χ4n) is 3.40. The van der Waals surface area contributed by atoms with Gasteiger partial charge in [-0.05, 0) is 41.0 Å². The maximum atomic E-state index is 13.8. The minimum absolute atomic E-state index is 0.264. The SMILES string of the molecule is CCCCCOC(=O)C(C)(C)NP(=O)(CO[C@H](C)Cn1cnc2c(N)ncnc21)OCC(O)OC(C)C. The summed E-state index contributed by atoms with van der Waals surface area (Å²) in [6.45, 7) is 10.7. The lowest BCUT2D eigenvalue weighted by molar-refractivity contribution is -0.150. The first-order chi connectivity index (χ1) is 17.4. The minimum atomic E-state index is -3.82. The minimum Gasteiger partial charge on any atom is -0.464 e. The van der Waals surface area contributed by atoms with E-state index in [1.54, 1.807) is 45.5 Å². The molecule has 0 bridgehead atoms. The molecule has 0 amide bonds. The van der Waals surface area contributed by atoms with Crippen molar-refractivity contribution in [1.82, 2.24) is 24.6 Å². The van der Waals surface area contributed by atoms with Crippen LogP contribution >= 0.6 is 7.52 Å². The Morgan fingerprint density at radius 2 is 1.97 bits per heavy atom. The van der Waals surface area contributed by atoms with Crippen LogP contribution in [0.2, 0.25) is 0 Å². The zero-order valence-electron chi connectivity index (χ0n) is 22.5. The molecular weight excluding hydrogens is 503 g/mol. The van der Waals surface area contributed by atoms with Crippen LogP contribution < -0.4 is 10.8 Å². The maximum Gasteiger partial charge on any atom is 0.326 e. The van der Waals surface area contributed by atoms with Crippen LogP contribution in [0.15, 0.2) is 12.7 Å². The molecule has 0 saturated carbocycles. The molecule has 2 unspecified atom stereocenters. The first-order valence-electron chi connectivity index (χ1n) is 12.4. The molecule has 0 aliphatic heterocycles. The number of nitrogens with two attached hydrogens (primary N) is 1. The lowest BCUT2D eigenvalue weighted by atomic mass is 10.1. The van der Waals surface area contributed by atoms with E-state index in [1.165, 1.54) is 6.33 Å². The molecule has 14 heteroatoms. The first kappa shape index (κ1) is 31.1. The van der Waals surface area contributed by atoms with Crippen molar-refractivity contribution < 1.29 is 33.2 Å². The highest BCUT2D eigenvalue weighted by atomic mass is 31.2. The molecule has 0 aromatic carbocycles. The fraction of sp³-hybridized carbons (Fsp3) is 0.739. The molecule has 37 heavy (non-hydrogen) atoms. The Morgan fingerprint density at radius 1 is 1.24 bits per heavy atom. The maximum absolute atomic E-state index is 13.8. The van der Waals surface area contributed by atoms with Crippen molar-refractivity contribution in [3.63, 3.8) is 0 Å². The third kappa shape index (κ3) is 9.91. The number of carbonyl (C=O) groups is 1. The van der Waals surface area contributed by atoms with E-state index in [0.717, 1.165) is 19.3 Å². The van der Waals surface area contributed by atoms with Crippen LogP contribution in [0.25, 0.3) is 11.2 Å². The van der Waals surface area contributed by atoms with Crippen molar-refractivity contribution in [1.29, 1.82) is 0 Å². The number of anilines is 1. The Balaban J connectivity index is 2.08. The Hall–Kier alpha value is -2.15. The second-order valence-corrected chi connectivity index (χ2v) is 11.7. The van der Waals surface area contributed by atoms with E-state index in [-0.39, 0.29) is 31.5 Å². The Kier molecular flexibility index (Phi) is 11.9. The number of hydrogen-bond acceptors (Lipinski definition) is 11. The van der Waals surface area contributed by atoms with Crippen molar-refractivity contribution in [3.05, 3.63) is 12.7 Å². The van der Waals surface area contributed by atoms with Crippen LogP contribution in [0.1, 0.15) is 60.8 Å². The van der Waals surface area contributed by atoms with E-state index < -0.39 is 31.4 Å². The average Bonchev–Trinajstić information content (AvgIpc) is 3.22. The van der Waals surface area contributed by atoms with Gasteiger partial charge in [-0.1, -0.05) is 19.8 Å². The number of esters is 1. The smallest absolute Gasteiger partial charge is 0.326 e. The van der Waals surface area contributed by atoms with Crippen LogP contribution in [0.4, 0.5) is 5.82 Å². The average molecular weight is 545 g/mol. The number of hydrogen-bond donors (Lipinski definition) is 3. The fourth-order valence-corrected chi connectivity index (χ4v) is 5.36. The van der Waals surface area contributed by atoms with Gasteiger partial charge in [-0.25, -0.2) is 20.0 Å². The summed E-state index contributed by atoms with van der Waals surface area (Å²) >= 11 is 0. The number of unbranched alkanes of at least 4 members (excludes halogenated alkanes) is 2. The summed E-state index contributed by atoms with van der Waals surface area (Å²) in [5.74, 6) is -0.299. The van der Waals surface area contributed by atoms with Gasteiger partial charge in [0.1, 0.15) is 30.3 Å². The van der Waals surface area contributed by atoms with E-state index in [4.69, 9.17) is 24.5 Å².